The second kappa shape index (κ2) is 14.1. The minimum absolute atomic E-state index is 0.335. The van der Waals surface area contributed by atoms with E-state index in [0.717, 1.165) is 67.5 Å². The summed E-state index contributed by atoms with van der Waals surface area (Å²) in [4.78, 5) is 22.3. The van der Waals surface area contributed by atoms with Crippen LogP contribution in [0.1, 0.15) is 47.2 Å². The lowest BCUT2D eigenvalue weighted by Crippen LogP contribution is -2.10. The van der Waals surface area contributed by atoms with Gasteiger partial charge < -0.3 is 28.4 Å². The van der Waals surface area contributed by atoms with E-state index in [9.17, 15) is 9.59 Å². The molecular formula is C38H36O8. The fourth-order valence-corrected chi connectivity index (χ4v) is 5.23. The molecule has 0 amide bonds. The highest BCUT2D eigenvalue weighted by Gasteiger charge is 2.20. The van der Waals surface area contributed by atoms with Gasteiger partial charge in [-0.15, -0.1) is 0 Å². The second-order valence-corrected chi connectivity index (χ2v) is 10.8. The number of rotatable bonds is 6. The van der Waals surface area contributed by atoms with E-state index in [1.165, 1.54) is 13.8 Å². The number of carbonyl (C=O) groups is 2. The number of ether oxygens (including phenoxy) is 6. The van der Waals surface area contributed by atoms with E-state index in [1.54, 1.807) is 26.4 Å². The summed E-state index contributed by atoms with van der Waals surface area (Å²) in [5.74, 6) is 3.59. The fourth-order valence-electron chi connectivity index (χ4n) is 5.23. The zero-order valence-electron chi connectivity index (χ0n) is 26.8. The summed E-state index contributed by atoms with van der Waals surface area (Å²) < 4.78 is 32.6. The van der Waals surface area contributed by atoms with Gasteiger partial charge in [-0.25, -0.2) is 0 Å². The molecule has 0 fully saturated rings. The quantitative estimate of drug-likeness (QED) is 0.160. The van der Waals surface area contributed by atoms with Crippen molar-refractivity contribution in [3.63, 3.8) is 0 Å². The van der Waals surface area contributed by atoms with E-state index >= 15 is 0 Å². The van der Waals surface area contributed by atoms with Gasteiger partial charge in [0.05, 0.1) is 14.2 Å². The molecule has 0 aliphatic carbocycles. The lowest BCUT2D eigenvalue weighted by Gasteiger charge is -2.21. The minimum Gasteiger partial charge on any atom is -0.497 e. The Morgan fingerprint density at radius 3 is 1.26 bits per heavy atom. The Balaban J connectivity index is 0.000000181. The first-order chi connectivity index (χ1) is 22.2. The van der Waals surface area contributed by atoms with Crippen molar-refractivity contribution in [2.75, 3.05) is 27.4 Å². The maximum absolute atomic E-state index is 11.1. The number of hydrogen-bond acceptors (Lipinski definition) is 8. The van der Waals surface area contributed by atoms with E-state index in [4.69, 9.17) is 28.4 Å². The van der Waals surface area contributed by atoms with Crippen molar-refractivity contribution in [1.29, 1.82) is 0 Å². The van der Waals surface area contributed by atoms with Gasteiger partial charge in [0.1, 0.15) is 47.7 Å². The van der Waals surface area contributed by atoms with Gasteiger partial charge in [-0.1, -0.05) is 24.3 Å². The molecule has 6 rings (SSSR count). The van der Waals surface area contributed by atoms with Crippen LogP contribution in [0.15, 0.2) is 72.8 Å². The molecule has 8 nitrogen and oxygen atoms in total. The van der Waals surface area contributed by atoms with Crippen LogP contribution in [0.25, 0.3) is 23.3 Å². The van der Waals surface area contributed by atoms with Crippen LogP contribution < -0.4 is 28.4 Å². The van der Waals surface area contributed by atoms with Crippen molar-refractivity contribution in [2.24, 2.45) is 0 Å². The Bertz CT molecular complexity index is 1680. The van der Waals surface area contributed by atoms with Crippen molar-refractivity contribution in [3.05, 3.63) is 106 Å². The summed E-state index contributed by atoms with van der Waals surface area (Å²) in [5.41, 5.74) is 8.02. The molecule has 0 saturated heterocycles. The van der Waals surface area contributed by atoms with Crippen LogP contribution in [-0.2, 0) is 9.59 Å². The van der Waals surface area contributed by atoms with Crippen LogP contribution >= 0.6 is 0 Å². The van der Waals surface area contributed by atoms with Crippen LogP contribution in [0.2, 0.25) is 0 Å². The average Bonchev–Trinajstić information content (AvgIpc) is 3.07. The van der Waals surface area contributed by atoms with E-state index in [1.807, 2.05) is 74.5 Å². The molecule has 0 bridgehead atoms. The van der Waals surface area contributed by atoms with Crippen molar-refractivity contribution in [1.82, 2.24) is 0 Å². The third kappa shape index (κ3) is 7.24. The van der Waals surface area contributed by atoms with E-state index in [2.05, 4.69) is 12.2 Å². The third-order valence-corrected chi connectivity index (χ3v) is 7.61. The van der Waals surface area contributed by atoms with Crippen molar-refractivity contribution >= 4 is 35.2 Å². The molecule has 0 saturated carbocycles. The predicted molar refractivity (Wildman–Crippen MR) is 178 cm³/mol. The smallest absolute Gasteiger partial charge is 0.308 e. The Hall–Kier alpha value is -5.50. The molecule has 236 valence electrons. The molecule has 2 heterocycles. The molecule has 46 heavy (non-hydrogen) atoms. The zero-order valence-corrected chi connectivity index (χ0v) is 26.8. The molecule has 8 heteroatoms. The lowest BCUT2D eigenvalue weighted by atomic mass is 9.99. The maximum atomic E-state index is 11.1. The molecular weight excluding hydrogens is 584 g/mol. The Kier molecular flexibility index (Phi) is 9.76. The van der Waals surface area contributed by atoms with Crippen LogP contribution in [0.3, 0.4) is 0 Å². The molecule has 0 atom stereocenters. The first-order valence-corrected chi connectivity index (χ1v) is 14.8. The minimum atomic E-state index is -0.335. The summed E-state index contributed by atoms with van der Waals surface area (Å²) >= 11 is 0. The largest absolute Gasteiger partial charge is 0.497 e. The van der Waals surface area contributed by atoms with Gasteiger partial charge in [0.25, 0.3) is 0 Å². The summed E-state index contributed by atoms with van der Waals surface area (Å²) in [6.07, 6.45) is 4.20. The number of fused-ring (bicyclic) bond motifs is 2. The van der Waals surface area contributed by atoms with Crippen LogP contribution in [-0.4, -0.2) is 39.4 Å². The molecule has 0 unspecified atom stereocenters. The summed E-state index contributed by atoms with van der Waals surface area (Å²) in [6, 6.07) is 23.2. The van der Waals surface area contributed by atoms with Crippen molar-refractivity contribution in [2.45, 2.75) is 27.7 Å². The summed E-state index contributed by atoms with van der Waals surface area (Å²) in [5, 5.41) is 0. The number of esters is 2. The predicted octanol–water partition coefficient (Wildman–Crippen LogP) is 7.72. The standard InChI is InChI=1S/2C19H18O4/c2*1-12-18(23-13(2)20)9-6-15-10-16(11-22-19(12)15)14-4-7-17(21-3)8-5-14/h2*4-10H,11H2,1-3H3. The third-order valence-electron chi connectivity index (χ3n) is 7.61. The van der Waals surface area contributed by atoms with Gasteiger partial charge in [0.2, 0.25) is 0 Å². The number of hydrogen-bond donors (Lipinski definition) is 0. The van der Waals surface area contributed by atoms with Crippen molar-refractivity contribution in [3.8, 4) is 34.5 Å². The van der Waals surface area contributed by atoms with Gasteiger partial charge >= 0.3 is 11.9 Å². The van der Waals surface area contributed by atoms with Gasteiger partial charge in [0.15, 0.2) is 0 Å². The first-order valence-electron chi connectivity index (χ1n) is 14.8. The Morgan fingerprint density at radius 2 is 0.935 bits per heavy atom. The molecule has 4 aromatic rings. The molecule has 4 aromatic carbocycles. The van der Waals surface area contributed by atoms with Gasteiger partial charge in [-0.05, 0) is 96.8 Å². The number of methoxy groups -OCH3 is 2. The normalized spacial score (nSPS) is 12.7. The van der Waals surface area contributed by atoms with Crippen molar-refractivity contribution < 1.29 is 38.0 Å². The molecule has 2 aliphatic rings. The zero-order chi connectivity index (χ0) is 32.8. The summed E-state index contributed by atoms with van der Waals surface area (Å²) in [6.45, 7) is 7.52. The topological polar surface area (TPSA) is 89.5 Å². The molecule has 0 aromatic heterocycles. The highest BCUT2D eigenvalue weighted by Crippen LogP contribution is 2.39. The Morgan fingerprint density at radius 1 is 0.565 bits per heavy atom. The maximum Gasteiger partial charge on any atom is 0.308 e. The molecule has 0 radical (unpaired) electrons. The second-order valence-electron chi connectivity index (χ2n) is 10.8. The number of carbonyl (C=O) groups excluding carboxylic acids is 2. The van der Waals surface area contributed by atoms with Crippen LogP contribution in [0.5, 0.6) is 34.5 Å². The first kappa shape index (κ1) is 31.9. The van der Waals surface area contributed by atoms with E-state index < -0.39 is 0 Å². The van der Waals surface area contributed by atoms with Gasteiger partial charge in [-0.2, -0.15) is 0 Å². The monoisotopic (exact) mass is 620 g/mol. The highest BCUT2D eigenvalue weighted by atomic mass is 16.5. The fraction of sp³-hybridized carbons (Fsp3) is 0.211. The average molecular weight is 621 g/mol. The molecule has 0 spiro atoms. The highest BCUT2D eigenvalue weighted by molar-refractivity contribution is 5.88. The van der Waals surface area contributed by atoms with E-state index in [0.29, 0.717) is 24.7 Å². The molecule has 2 aliphatic heterocycles. The van der Waals surface area contributed by atoms with Gasteiger partial charge in [0, 0.05) is 36.1 Å². The van der Waals surface area contributed by atoms with Gasteiger partial charge in [-0.3, -0.25) is 9.59 Å². The molecule has 0 N–H and O–H groups in total. The number of benzene rings is 4. The SMILES string of the molecule is COc1ccc(C2=Cc3ccc(OC(C)=O)c(C)c3OC2)cc1.COc1ccc(C2=Cc3ccc(OC(C)=O)c(C)c3OC2)cc1. The lowest BCUT2D eigenvalue weighted by molar-refractivity contribution is -0.132. The summed E-state index contributed by atoms with van der Waals surface area (Å²) in [7, 11) is 3.30. The van der Waals surface area contributed by atoms with Crippen LogP contribution in [0.4, 0.5) is 0 Å². The van der Waals surface area contributed by atoms with Crippen LogP contribution in [0, 0.1) is 13.8 Å². The van der Waals surface area contributed by atoms with E-state index in [-0.39, 0.29) is 11.9 Å². The Labute approximate surface area is 268 Å².